The molecule has 4 nitrogen and oxygen atoms in total. The number of carbonyl (C=O) groups is 3. The van der Waals surface area contributed by atoms with E-state index in [0.717, 1.165) is 16.1 Å². The van der Waals surface area contributed by atoms with Crippen LogP contribution >= 0.6 is 36.7 Å². The fourth-order valence-electron chi connectivity index (χ4n) is 0.591. The molecule has 0 rings (SSSR count). The summed E-state index contributed by atoms with van der Waals surface area (Å²) < 4.78 is 1.39. The third kappa shape index (κ3) is 81.0. The van der Waals surface area contributed by atoms with Gasteiger partial charge in [0.15, 0.2) is 18.9 Å². The molecule has 0 fully saturated rings. The van der Waals surface area contributed by atoms with Crippen molar-refractivity contribution >= 4 is 94.1 Å². The van der Waals surface area contributed by atoms with E-state index in [2.05, 4.69) is 43.6 Å². The van der Waals surface area contributed by atoms with Gasteiger partial charge in [-0.1, -0.05) is 36.7 Å². The molecular formula is C12H20NO3S3Sn. The third-order valence-corrected chi connectivity index (χ3v) is 2.60. The Balaban J connectivity index is -0.0000000917. The van der Waals surface area contributed by atoms with Crippen molar-refractivity contribution in [2.75, 3.05) is 0 Å². The Hall–Kier alpha value is 0.0387. The summed E-state index contributed by atoms with van der Waals surface area (Å²) in [6.07, 6.45) is 5.59. The minimum absolute atomic E-state index is 0.414. The first-order chi connectivity index (χ1) is 9.51. The number of aldehydes is 3. The molecule has 0 amide bonds. The van der Waals surface area contributed by atoms with Crippen LogP contribution in [-0.2, 0) is 14.4 Å². The Morgan fingerprint density at radius 2 is 1.25 bits per heavy atom. The number of thiocarbonyl (C=S) groups is 3. The van der Waals surface area contributed by atoms with Gasteiger partial charge in [-0.05, 0) is 0 Å². The number of hydrogen-bond acceptors (Lipinski definition) is 7. The molecule has 113 valence electrons. The second-order valence-electron chi connectivity index (χ2n) is 3.04. The molecule has 0 aromatic heterocycles. The zero-order valence-corrected chi connectivity index (χ0v) is 16.7. The van der Waals surface area contributed by atoms with Gasteiger partial charge in [-0.3, -0.25) is 14.4 Å². The molecule has 0 saturated heterocycles. The first-order valence-corrected chi connectivity index (χ1v) is 9.02. The Morgan fingerprint density at radius 3 is 1.40 bits per heavy atom. The number of nitrogens with two attached hydrogens (primary N) is 1. The predicted molar refractivity (Wildman–Crippen MR) is 97.2 cm³/mol. The fourth-order valence-corrected chi connectivity index (χ4v) is 1.30. The van der Waals surface area contributed by atoms with Gasteiger partial charge in [-0.2, -0.15) is 0 Å². The molecular weight excluding hydrogens is 421 g/mol. The van der Waals surface area contributed by atoms with E-state index < -0.39 is 0 Å². The van der Waals surface area contributed by atoms with Gasteiger partial charge < -0.3 is 0 Å². The molecule has 0 aliphatic carbocycles. The molecule has 20 heavy (non-hydrogen) atoms. The van der Waals surface area contributed by atoms with Crippen LogP contribution in [0.4, 0.5) is 0 Å². The van der Waals surface area contributed by atoms with Crippen molar-refractivity contribution in [3.8, 4) is 0 Å². The van der Waals surface area contributed by atoms with E-state index in [0.29, 0.717) is 24.9 Å². The number of rotatable bonds is 7. The molecule has 3 radical (unpaired) electrons. The first kappa shape index (κ1) is 28.2. The molecule has 0 bridgehead atoms. The standard InChI is InChI=1S/C6H14N.3C2H2OS.Sn/c1-3-4-5-6(2)7;3*3-1-2-4;/h6H,1,3-5,7H2,2H3;3*1-2H;. The van der Waals surface area contributed by atoms with Crippen LogP contribution in [0.15, 0.2) is 0 Å². The van der Waals surface area contributed by atoms with Gasteiger partial charge in [0.2, 0.25) is 0 Å². The molecule has 0 aromatic rings. The van der Waals surface area contributed by atoms with Crippen LogP contribution in [0.1, 0.15) is 26.2 Å². The molecule has 0 spiro atoms. The quantitative estimate of drug-likeness (QED) is 0.279. The van der Waals surface area contributed by atoms with Crippen molar-refractivity contribution in [2.45, 2.75) is 36.7 Å². The van der Waals surface area contributed by atoms with Crippen molar-refractivity contribution in [2.24, 2.45) is 5.73 Å². The van der Waals surface area contributed by atoms with Crippen LogP contribution in [0.5, 0.6) is 0 Å². The van der Waals surface area contributed by atoms with Crippen LogP contribution in [0, 0.1) is 0 Å². The summed E-state index contributed by atoms with van der Waals surface area (Å²) in [5.41, 5.74) is 5.54. The van der Waals surface area contributed by atoms with Gasteiger partial charge in [-0.15, -0.1) is 0 Å². The maximum absolute atomic E-state index is 9.01. The first-order valence-electron chi connectivity index (χ1n) is 5.59. The van der Waals surface area contributed by atoms with E-state index in [-0.39, 0.29) is 0 Å². The molecule has 0 heterocycles. The van der Waals surface area contributed by atoms with E-state index in [1.807, 2.05) is 0 Å². The monoisotopic (exact) mass is 442 g/mol. The zero-order valence-electron chi connectivity index (χ0n) is 11.4. The minimum atomic E-state index is 0.414. The Morgan fingerprint density at radius 1 is 0.950 bits per heavy atom. The van der Waals surface area contributed by atoms with Gasteiger partial charge >= 0.3 is 64.9 Å². The topological polar surface area (TPSA) is 77.2 Å². The number of hydrogen-bond donors (Lipinski definition) is 1. The van der Waals surface area contributed by atoms with E-state index in [1.165, 1.54) is 23.7 Å². The Bertz CT molecular complexity index is 206. The predicted octanol–water partition coefficient (Wildman–Crippen LogP) is 1.65. The van der Waals surface area contributed by atoms with E-state index in [1.54, 1.807) is 22.5 Å². The molecule has 1 unspecified atom stereocenters. The van der Waals surface area contributed by atoms with Crippen molar-refractivity contribution in [1.82, 2.24) is 0 Å². The van der Waals surface area contributed by atoms with Crippen LogP contribution in [0.2, 0.25) is 4.44 Å². The summed E-state index contributed by atoms with van der Waals surface area (Å²) in [6, 6.07) is 0.414. The average molecular weight is 441 g/mol. The third-order valence-electron chi connectivity index (χ3n) is 1.25. The summed E-state index contributed by atoms with van der Waals surface area (Å²) in [5, 5.41) is 3.08. The summed E-state index contributed by atoms with van der Waals surface area (Å²) in [4.78, 5) is 27.0. The van der Waals surface area contributed by atoms with Crippen LogP contribution in [0.3, 0.4) is 0 Å². The molecule has 0 aliphatic heterocycles. The van der Waals surface area contributed by atoms with Crippen LogP contribution < -0.4 is 5.73 Å². The summed E-state index contributed by atoms with van der Waals surface area (Å²) in [5.74, 6) is 0. The molecule has 8 heteroatoms. The summed E-state index contributed by atoms with van der Waals surface area (Å²) in [7, 11) is 0. The SMILES string of the molecule is CC(N)CCC[CH2][Sn].O=CC=S.O=CC=S.O=CC=S. The minimum Gasteiger partial charge on any atom is -0.298 e. The number of unbranched alkanes of at least 4 members (excludes halogenated alkanes) is 1. The molecule has 2 N–H and O–H groups in total. The van der Waals surface area contributed by atoms with Crippen molar-refractivity contribution in [3.05, 3.63) is 0 Å². The second-order valence-corrected chi connectivity index (χ2v) is 5.28. The Labute approximate surface area is 150 Å². The van der Waals surface area contributed by atoms with E-state index >= 15 is 0 Å². The number of carbonyl (C=O) groups excluding carboxylic acids is 3. The van der Waals surface area contributed by atoms with E-state index in [9.17, 15) is 0 Å². The molecule has 0 aromatic carbocycles. The maximum Gasteiger partial charge on any atom is 0.153 e. The van der Waals surface area contributed by atoms with Crippen LogP contribution in [-0.4, -0.2) is 63.5 Å². The molecule has 1 atom stereocenters. The fraction of sp³-hybridized carbons (Fsp3) is 0.500. The Kier molecular flexibility index (Phi) is 51.4. The van der Waals surface area contributed by atoms with Crippen LogP contribution in [0.25, 0.3) is 0 Å². The van der Waals surface area contributed by atoms with Gasteiger partial charge in [0.05, 0.1) is 0 Å². The van der Waals surface area contributed by atoms with Crippen molar-refractivity contribution < 1.29 is 14.4 Å². The molecule has 0 aliphatic rings. The zero-order chi connectivity index (χ0) is 16.6. The molecule has 0 saturated carbocycles. The van der Waals surface area contributed by atoms with Gasteiger partial charge in [0, 0.05) is 16.1 Å². The van der Waals surface area contributed by atoms with Gasteiger partial charge in [0.25, 0.3) is 0 Å². The second kappa shape index (κ2) is 36.4. The van der Waals surface area contributed by atoms with E-state index in [4.69, 9.17) is 20.1 Å². The average Bonchev–Trinajstić information content (AvgIpc) is 2.48. The van der Waals surface area contributed by atoms with Gasteiger partial charge in [0.1, 0.15) is 0 Å². The van der Waals surface area contributed by atoms with Crippen molar-refractivity contribution in [1.29, 1.82) is 0 Å². The smallest absolute Gasteiger partial charge is 0.153 e. The summed E-state index contributed by atoms with van der Waals surface area (Å²) >= 11 is 13.8. The van der Waals surface area contributed by atoms with Gasteiger partial charge in [-0.25, -0.2) is 0 Å². The maximum atomic E-state index is 9.01. The van der Waals surface area contributed by atoms with Crippen molar-refractivity contribution in [3.63, 3.8) is 0 Å². The normalized spacial score (nSPS) is 8.55. The summed E-state index contributed by atoms with van der Waals surface area (Å²) in [6.45, 7) is 2.07. The largest absolute Gasteiger partial charge is 0.298 e.